The van der Waals surface area contributed by atoms with E-state index in [9.17, 15) is 9.90 Å². The van der Waals surface area contributed by atoms with Crippen LogP contribution in [0.3, 0.4) is 0 Å². The topological polar surface area (TPSA) is 99.9 Å². The quantitative estimate of drug-likeness (QED) is 0.437. The fourth-order valence-corrected chi connectivity index (χ4v) is 3.76. The molecule has 4 rings (SSSR count). The number of hydrogen-bond donors (Lipinski definition) is 2. The maximum absolute atomic E-state index is 12.2. The van der Waals surface area contributed by atoms with Crippen LogP contribution in [0, 0.1) is 0 Å². The van der Waals surface area contributed by atoms with E-state index in [-0.39, 0.29) is 17.3 Å². The molecule has 0 atom stereocenters. The molecular weight excluding hydrogens is 388 g/mol. The van der Waals surface area contributed by atoms with E-state index in [2.05, 4.69) is 20.2 Å². The third kappa shape index (κ3) is 3.97. The summed E-state index contributed by atoms with van der Waals surface area (Å²) in [6.07, 6.45) is 1.51. The van der Waals surface area contributed by atoms with Crippen molar-refractivity contribution in [3.05, 3.63) is 72.6 Å². The Morgan fingerprint density at radius 2 is 1.93 bits per heavy atom. The number of methoxy groups -OCH3 is 1. The van der Waals surface area contributed by atoms with Gasteiger partial charge in [0.15, 0.2) is 5.69 Å². The number of hydrogen-bond acceptors (Lipinski definition) is 6. The van der Waals surface area contributed by atoms with Gasteiger partial charge in [0.05, 0.1) is 12.6 Å². The first-order chi connectivity index (χ1) is 14.2. The summed E-state index contributed by atoms with van der Waals surface area (Å²) in [5, 5.41) is 18.8. The Hall–Kier alpha value is -3.65. The average molecular weight is 404 g/mol. The van der Waals surface area contributed by atoms with Crippen LogP contribution < -0.4 is 4.74 Å². The van der Waals surface area contributed by atoms with E-state index in [1.54, 1.807) is 25.3 Å². The highest BCUT2D eigenvalue weighted by molar-refractivity contribution is 7.99. The van der Waals surface area contributed by atoms with Gasteiger partial charge in [0.25, 0.3) is 0 Å². The van der Waals surface area contributed by atoms with E-state index < -0.39 is 5.91 Å². The number of amides is 1. The number of carbonyl (C=O) groups excluding carboxylic acids is 1. The summed E-state index contributed by atoms with van der Waals surface area (Å²) in [7, 11) is 1.62. The molecular formula is C21H16N4O3S. The highest BCUT2D eigenvalue weighted by Gasteiger charge is 2.16. The molecule has 1 amide bonds. The number of rotatable bonds is 5. The Balaban J connectivity index is 1.70. The van der Waals surface area contributed by atoms with Gasteiger partial charge in [-0.2, -0.15) is 0 Å². The summed E-state index contributed by atoms with van der Waals surface area (Å²) < 4.78 is 5.19. The number of aromatic amines is 1. The molecule has 0 aliphatic rings. The van der Waals surface area contributed by atoms with Crippen LogP contribution in [0.1, 0.15) is 10.5 Å². The molecule has 2 aromatic heterocycles. The van der Waals surface area contributed by atoms with Gasteiger partial charge in [-0.3, -0.25) is 9.78 Å². The SMILES string of the molecule is COc1ccc(Sc2cccc3[nH]c(O)c(N=NC(=O)c4ccccn4)c23)cc1. The second kappa shape index (κ2) is 8.15. The lowest BCUT2D eigenvalue weighted by Gasteiger charge is -2.05. The lowest BCUT2D eigenvalue weighted by atomic mass is 10.2. The zero-order valence-corrected chi connectivity index (χ0v) is 16.2. The van der Waals surface area contributed by atoms with Crippen molar-refractivity contribution >= 4 is 34.3 Å². The first kappa shape index (κ1) is 18.7. The molecule has 0 unspecified atom stereocenters. The van der Waals surface area contributed by atoms with Crippen molar-refractivity contribution in [1.82, 2.24) is 9.97 Å². The Bertz CT molecular complexity index is 1190. The number of azo groups is 1. The van der Waals surface area contributed by atoms with Crippen LogP contribution in [0.5, 0.6) is 11.6 Å². The van der Waals surface area contributed by atoms with Crippen LogP contribution in [0.2, 0.25) is 0 Å². The van der Waals surface area contributed by atoms with Crippen molar-refractivity contribution in [2.75, 3.05) is 7.11 Å². The first-order valence-electron chi connectivity index (χ1n) is 8.68. The molecule has 7 nitrogen and oxygen atoms in total. The Morgan fingerprint density at radius 3 is 2.66 bits per heavy atom. The molecule has 4 aromatic rings. The van der Waals surface area contributed by atoms with Gasteiger partial charge in [-0.1, -0.05) is 23.9 Å². The summed E-state index contributed by atoms with van der Waals surface area (Å²) in [4.78, 5) is 20.9. The number of aromatic nitrogens is 2. The number of benzene rings is 2. The molecule has 0 spiro atoms. The minimum Gasteiger partial charge on any atom is -0.497 e. The largest absolute Gasteiger partial charge is 0.497 e. The summed E-state index contributed by atoms with van der Waals surface area (Å²) in [5.74, 6) is 0.0364. The molecule has 0 aliphatic carbocycles. The lowest BCUT2D eigenvalue weighted by Crippen LogP contribution is -1.96. The molecule has 0 saturated carbocycles. The Labute approximate surface area is 170 Å². The summed E-state index contributed by atoms with van der Waals surface area (Å²) in [6, 6.07) is 18.2. The molecule has 144 valence electrons. The van der Waals surface area contributed by atoms with Gasteiger partial charge < -0.3 is 14.8 Å². The molecule has 2 heterocycles. The van der Waals surface area contributed by atoms with E-state index in [0.29, 0.717) is 10.9 Å². The van der Waals surface area contributed by atoms with E-state index >= 15 is 0 Å². The standard InChI is InChI=1S/C21H16N4O3S/c1-28-13-8-10-14(11-9-13)29-17-7-4-6-15-18(17)19(21(27)23-15)24-25-20(26)16-5-2-3-12-22-16/h2-12,23,27H,1H3. The Morgan fingerprint density at radius 1 is 1.10 bits per heavy atom. The van der Waals surface area contributed by atoms with Crippen LogP contribution in [0.4, 0.5) is 5.69 Å². The molecule has 0 radical (unpaired) electrons. The third-order valence-electron chi connectivity index (χ3n) is 4.15. The fraction of sp³-hybridized carbons (Fsp3) is 0.0476. The maximum Gasteiger partial charge on any atom is 0.313 e. The number of nitrogens with one attached hydrogen (secondary N) is 1. The first-order valence-corrected chi connectivity index (χ1v) is 9.50. The van der Waals surface area contributed by atoms with Crippen molar-refractivity contribution in [3.63, 3.8) is 0 Å². The predicted molar refractivity (Wildman–Crippen MR) is 110 cm³/mol. The van der Waals surface area contributed by atoms with Gasteiger partial charge >= 0.3 is 5.91 Å². The molecule has 0 aliphatic heterocycles. The summed E-state index contributed by atoms with van der Waals surface area (Å²) in [5.41, 5.74) is 1.09. The van der Waals surface area contributed by atoms with Gasteiger partial charge in [-0.15, -0.1) is 10.2 Å². The number of H-pyrrole nitrogens is 1. The van der Waals surface area contributed by atoms with Crippen molar-refractivity contribution in [2.24, 2.45) is 10.2 Å². The third-order valence-corrected chi connectivity index (χ3v) is 5.22. The van der Waals surface area contributed by atoms with E-state index in [1.807, 2.05) is 42.5 Å². The minimum atomic E-state index is -0.584. The number of ether oxygens (including phenoxy) is 1. The Kier molecular flexibility index (Phi) is 5.26. The molecule has 0 bridgehead atoms. The van der Waals surface area contributed by atoms with Gasteiger partial charge in [0, 0.05) is 21.4 Å². The number of carbonyl (C=O) groups is 1. The van der Waals surface area contributed by atoms with E-state index in [4.69, 9.17) is 4.74 Å². The van der Waals surface area contributed by atoms with Crippen LogP contribution in [0.25, 0.3) is 10.9 Å². The van der Waals surface area contributed by atoms with Gasteiger partial charge in [0.1, 0.15) is 11.4 Å². The van der Waals surface area contributed by atoms with Crippen LogP contribution in [-0.4, -0.2) is 28.1 Å². The molecule has 0 saturated heterocycles. The van der Waals surface area contributed by atoms with E-state index in [0.717, 1.165) is 15.5 Å². The number of fused-ring (bicyclic) bond motifs is 1. The predicted octanol–water partition coefficient (Wildman–Crippen LogP) is 5.35. The van der Waals surface area contributed by atoms with Gasteiger partial charge in [0.2, 0.25) is 5.88 Å². The second-order valence-corrected chi connectivity index (χ2v) is 7.11. The average Bonchev–Trinajstić information content (AvgIpc) is 3.09. The lowest BCUT2D eigenvalue weighted by molar-refractivity contribution is 0.0990. The van der Waals surface area contributed by atoms with Crippen LogP contribution in [0.15, 0.2) is 86.9 Å². The molecule has 29 heavy (non-hydrogen) atoms. The monoisotopic (exact) mass is 404 g/mol. The van der Waals surface area contributed by atoms with Crippen molar-refractivity contribution in [3.8, 4) is 11.6 Å². The molecule has 2 aromatic carbocycles. The fourth-order valence-electron chi connectivity index (χ4n) is 2.77. The van der Waals surface area contributed by atoms with Gasteiger partial charge in [-0.25, -0.2) is 0 Å². The van der Waals surface area contributed by atoms with Gasteiger partial charge in [-0.05, 0) is 48.5 Å². The number of aromatic hydroxyl groups is 1. The van der Waals surface area contributed by atoms with Crippen LogP contribution in [-0.2, 0) is 0 Å². The highest BCUT2D eigenvalue weighted by Crippen LogP contribution is 2.43. The molecule has 0 fully saturated rings. The highest BCUT2D eigenvalue weighted by atomic mass is 32.2. The maximum atomic E-state index is 12.2. The molecule has 8 heteroatoms. The summed E-state index contributed by atoms with van der Waals surface area (Å²) >= 11 is 1.51. The van der Waals surface area contributed by atoms with Crippen molar-refractivity contribution in [1.29, 1.82) is 0 Å². The van der Waals surface area contributed by atoms with E-state index in [1.165, 1.54) is 18.0 Å². The smallest absolute Gasteiger partial charge is 0.313 e. The number of pyridine rings is 1. The summed E-state index contributed by atoms with van der Waals surface area (Å²) in [6.45, 7) is 0. The van der Waals surface area contributed by atoms with Crippen molar-refractivity contribution in [2.45, 2.75) is 9.79 Å². The minimum absolute atomic E-state index is 0.152. The zero-order valence-electron chi connectivity index (χ0n) is 15.4. The molecule has 2 N–H and O–H groups in total. The normalized spacial score (nSPS) is 11.2. The second-order valence-electron chi connectivity index (χ2n) is 6.00. The van der Waals surface area contributed by atoms with Crippen LogP contribution >= 0.6 is 11.8 Å². The van der Waals surface area contributed by atoms with Crippen molar-refractivity contribution < 1.29 is 14.6 Å². The zero-order chi connectivity index (χ0) is 20.2. The number of nitrogens with zero attached hydrogens (tertiary/aromatic N) is 3.